The maximum atomic E-state index is 3.61. The van der Waals surface area contributed by atoms with E-state index >= 15 is 0 Å². The van der Waals surface area contributed by atoms with Gasteiger partial charge in [-0.1, -0.05) is 57.9 Å². The first-order chi connectivity index (χ1) is 8.84. The maximum absolute atomic E-state index is 3.61. The summed E-state index contributed by atoms with van der Waals surface area (Å²) in [4.78, 5) is 1.45. The summed E-state index contributed by atoms with van der Waals surface area (Å²) in [6, 6.07) is 4.87. The highest BCUT2D eigenvalue weighted by molar-refractivity contribution is 7.10. The second kappa shape index (κ2) is 10.6. The van der Waals surface area contributed by atoms with Crippen LogP contribution in [-0.4, -0.2) is 6.54 Å². The number of hydrogen-bond acceptors (Lipinski definition) is 2. The van der Waals surface area contributed by atoms with E-state index in [1.54, 1.807) is 0 Å². The minimum atomic E-state index is 0.523. The van der Waals surface area contributed by atoms with E-state index in [0.29, 0.717) is 6.04 Å². The largest absolute Gasteiger partial charge is 0.309 e. The molecular formula is C16H29NS. The summed E-state index contributed by atoms with van der Waals surface area (Å²) in [5.41, 5.74) is 0. The average Bonchev–Trinajstić information content (AvgIpc) is 2.90. The molecule has 0 saturated heterocycles. The zero-order valence-electron chi connectivity index (χ0n) is 12.1. The van der Waals surface area contributed by atoms with Gasteiger partial charge in [-0.3, -0.25) is 0 Å². The molecule has 1 atom stereocenters. The molecule has 0 aliphatic carbocycles. The van der Waals surface area contributed by atoms with Crippen molar-refractivity contribution in [3.63, 3.8) is 0 Å². The molecule has 1 aromatic heterocycles. The van der Waals surface area contributed by atoms with Crippen molar-refractivity contribution in [3.8, 4) is 0 Å². The van der Waals surface area contributed by atoms with E-state index in [4.69, 9.17) is 0 Å². The molecule has 104 valence electrons. The Morgan fingerprint density at radius 1 is 1.06 bits per heavy atom. The molecule has 0 radical (unpaired) electrons. The highest BCUT2D eigenvalue weighted by atomic mass is 32.1. The lowest BCUT2D eigenvalue weighted by Gasteiger charge is -2.11. The lowest BCUT2D eigenvalue weighted by Crippen LogP contribution is -2.18. The Balaban J connectivity index is 1.87. The van der Waals surface area contributed by atoms with Crippen LogP contribution in [0.1, 0.15) is 76.1 Å². The van der Waals surface area contributed by atoms with Crippen molar-refractivity contribution in [1.29, 1.82) is 0 Å². The van der Waals surface area contributed by atoms with Gasteiger partial charge in [-0.2, -0.15) is 0 Å². The van der Waals surface area contributed by atoms with Gasteiger partial charge in [0, 0.05) is 10.9 Å². The number of nitrogens with one attached hydrogen (secondary N) is 1. The number of unbranched alkanes of at least 4 members (excludes halogenated alkanes) is 7. The first-order valence-corrected chi connectivity index (χ1v) is 8.49. The van der Waals surface area contributed by atoms with Crippen LogP contribution in [0.5, 0.6) is 0 Å². The van der Waals surface area contributed by atoms with Crippen molar-refractivity contribution in [2.75, 3.05) is 6.54 Å². The van der Waals surface area contributed by atoms with Gasteiger partial charge in [-0.15, -0.1) is 11.3 Å². The first kappa shape index (κ1) is 15.7. The van der Waals surface area contributed by atoms with Crippen LogP contribution in [0, 0.1) is 0 Å². The smallest absolute Gasteiger partial charge is 0.0386 e. The standard InChI is InChI=1S/C16H29NS/c1-3-4-5-6-7-8-9-10-13-17-15(2)16-12-11-14-18-16/h11-12,14-15,17H,3-10,13H2,1-2H3. The minimum Gasteiger partial charge on any atom is -0.309 e. The van der Waals surface area contributed by atoms with E-state index in [2.05, 4.69) is 36.7 Å². The van der Waals surface area contributed by atoms with Gasteiger partial charge >= 0.3 is 0 Å². The number of rotatable bonds is 11. The summed E-state index contributed by atoms with van der Waals surface area (Å²) >= 11 is 1.85. The molecule has 0 saturated carbocycles. The highest BCUT2D eigenvalue weighted by Crippen LogP contribution is 2.18. The van der Waals surface area contributed by atoms with Gasteiger partial charge in [-0.25, -0.2) is 0 Å². The third-order valence-electron chi connectivity index (χ3n) is 3.45. The fraction of sp³-hybridized carbons (Fsp3) is 0.750. The Kier molecular flexibility index (Phi) is 9.23. The Hall–Kier alpha value is -0.340. The highest BCUT2D eigenvalue weighted by Gasteiger charge is 2.03. The number of thiophene rings is 1. The lowest BCUT2D eigenvalue weighted by molar-refractivity contribution is 0.525. The lowest BCUT2D eigenvalue weighted by atomic mass is 10.1. The molecule has 0 aromatic carbocycles. The molecular weight excluding hydrogens is 238 g/mol. The van der Waals surface area contributed by atoms with Crippen LogP contribution in [0.2, 0.25) is 0 Å². The van der Waals surface area contributed by atoms with Gasteiger partial charge in [0.2, 0.25) is 0 Å². The zero-order chi connectivity index (χ0) is 13.1. The predicted octanol–water partition coefficient (Wildman–Crippen LogP) is 5.54. The Labute approximate surface area is 117 Å². The van der Waals surface area contributed by atoms with Crippen molar-refractivity contribution < 1.29 is 0 Å². The molecule has 1 rings (SSSR count). The van der Waals surface area contributed by atoms with Crippen LogP contribution in [-0.2, 0) is 0 Å². The van der Waals surface area contributed by atoms with Gasteiger partial charge in [0.15, 0.2) is 0 Å². The van der Waals surface area contributed by atoms with Crippen LogP contribution < -0.4 is 5.32 Å². The SMILES string of the molecule is CCCCCCCCCCNC(C)c1cccs1. The van der Waals surface area contributed by atoms with Crippen molar-refractivity contribution in [2.45, 2.75) is 71.3 Å². The predicted molar refractivity (Wildman–Crippen MR) is 83.3 cm³/mol. The van der Waals surface area contributed by atoms with E-state index in [1.165, 1.54) is 56.2 Å². The van der Waals surface area contributed by atoms with Crippen LogP contribution in [0.15, 0.2) is 17.5 Å². The van der Waals surface area contributed by atoms with Gasteiger partial charge in [0.25, 0.3) is 0 Å². The van der Waals surface area contributed by atoms with Crippen LogP contribution in [0.4, 0.5) is 0 Å². The fourth-order valence-corrected chi connectivity index (χ4v) is 2.97. The van der Waals surface area contributed by atoms with Crippen molar-refractivity contribution in [2.24, 2.45) is 0 Å². The Morgan fingerprint density at radius 2 is 1.72 bits per heavy atom. The summed E-state index contributed by atoms with van der Waals surface area (Å²) < 4.78 is 0. The molecule has 0 amide bonds. The molecule has 2 heteroatoms. The normalized spacial score (nSPS) is 12.8. The molecule has 0 aliphatic heterocycles. The summed E-state index contributed by atoms with van der Waals surface area (Å²) in [7, 11) is 0. The van der Waals surface area contributed by atoms with Crippen LogP contribution in [0.25, 0.3) is 0 Å². The Morgan fingerprint density at radius 3 is 2.33 bits per heavy atom. The van der Waals surface area contributed by atoms with E-state index in [-0.39, 0.29) is 0 Å². The fourth-order valence-electron chi connectivity index (χ4n) is 2.22. The second-order valence-electron chi connectivity index (χ2n) is 5.17. The molecule has 1 heterocycles. The monoisotopic (exact) mass is 267 g/mol. The summed E-state index contributed by atoms with van der Waals surface area (Å²) in [6.45, 7) is 5.70. The van der Waals surface area contributed by atoms with E-state index in [1.807, 2.05) is 11.3 Å². The molecule has 0 spiro atoms. The van der Waals surface area contributed by atoms with Crippen molar-refractivity contribution >= 4 is 11.3 Å². The van der Waals surface area contributed by atoms with Crippen molar-refractivity contribution in [1.82, 2.24) is 5.32 Å². The molecule has 1 nitrogen and oxygen atoms in total. The van der Waals surface area contributed by atoms with Crippen molar-refractivity contribution in [3.05, 3.63) is 22.4 Å². The Bertz CT molecular complexity index is 269. The van der Waals surface area contributed by atoms with Gasteiger partial charge in [0.1, 0.15) is 0 Å². The van der Waals surface area contributed by atoms with Crippen LogP contribution in [0.3, 0.4) is 0 Å². The van der Waals surface area contributed by atoms with Gasteiger partial charge in [0.05, 0.1) is 0 Å². The van der Waals surface area contributed by atoms with E-state index in [0.717, 1.165) is 6.54 Å². The van der Waals surface area contributed by atoms with E-state index in [9.17, 15) is 0 Å². The summed E-state index contributed by atoms with van der Waals surface area (Å²) in [6.07, 6.45) is 11.2. The number of hydrogen-bond donors (Lipinski definition) is 1. The molecule has 0 aliphatic rings. The maximum Gasteiger partial charge on any atom is 0.0386 e. The topological polar surface area (TPSA) is 12.0 Å². The molecule has 18 heavy (non-hydrogen) atoms. The third-order valence-corrected chi connectivity index (χ3v) is 4.51. The first-order valence-electron chi connectivity index (χ1n) is 7.61. The second-order valence-corrected chi connectivity index (χ2v) is 6.15. The van der Waals surface area contributed by atoms with Crippen LogP contribution >= 0.6 is 11.3 Å². The summed E-state index contributed by atoms with van der Waals surface area (Å²) in [5.74, 6) is 0. The summed E-state index contributed by atoms with van der Waals surface area (Å²) in [5, 5.41) is 5.76. The molecule has 1 unspecified atom stereocenters. The molecule has 1 N–H and O–H groups in total. The zero-order valence-corrected chi connectivity index (χ0v) is 12.9. The third kappa shape index (κ3) is 7.17. The molecule has 0 fully saturated rings. The molecule has 0 bridgehead atoms. The molecule has 1 aromatic rings. The minimum absolute atomic E-state index is 0.523. The quantitative estimate of drug-likeness (QED) is 0.519. The van der Waals surface area contributed by atoms with Gasteiger partial charge in [-0.05, 0) is 31.3 Å². The van der Waals surface area contributed by atoms with E-state index < -0.39 is 0 Å². The average molecular weight is 267 g/mol. The van der Waals surface area contributed by atoms with Gasteiger partial charge < -0.3 is 5.32 Å².